The fraction of sp³-hybridized carbons (Fsp3) is 0.545. The molecule has 1 amide bonds. The smallest absolute Gasteiger partial charge is 0.248 e. The Bertz CT molecular complexity index is 818. The van der Waals surface area contributed by atoms with Crippen LogP contribution in [0, 0.1) is 11.3 Å². The molecule has 1 aromatic carbocycles. The van der Waals surface area contributed by atoms with Crippen LogP contribution in [-0.4, -0.2) is 48.7 Å². The monoisotopic (exact) mass is 399 g/mol. The molecule has 7 heteroatoms. The average molecular weight is 399 g/mol. The number of ether oxygens (including phenoxy) is 1. The summed E-state index contributed by atoms with van der Waals surface area (Å²) in [6.07, 6.45) is 5.45. The lowest BCUT2D eigenvalue weighted by atomic mass is 9.78. The SMILES string of the molecule is CCOc1cccc(C2=CCNC(C(=O)[C@H]3NCC4(CC4)C[C@@H]3C(=O)NO)C2)c1. The zero-order valence-electron chi connectivity index (χ0n) is 16.7. The maximum absolute atomic E-state index is 13.3. The van der Waals surface area contributed by atoms with E-state index in [9.17, 15) is 14.8 Å². The Hall–Kier alpha value is -2.22. The van der Waals surface area contributed by atoms with Crippen LogP contribution in [0.4, 0.5) is 0 Å². The molecule has 4 N–H and O–H groups in total. The molecular formula is C22H29N3O4. The number of amides is 1. The van der Waals surface area contributed by atoms with Gasteiger partial charge in [0, 0.05) is 13.1 Å². The predicted octanol–water partition coefficient (Wildman–Crippen LogP) is 1.66. The number of hydrogen-bond acceptors (Lipinski definition) is 6. The van der Waals surface area contributed by atoms with Crippen LogP contribution >= 0.6 is 0 Å². The summed E-state index contributed by atoms with van der Waals surface area (Å²) in [5.74, 6) is -0.213. The number of hydrogen-bond donors (Lipinski definition) is 4. The minimum Gasteiger partial charge on any atom is -0.494 e. The molecule has 2 aliphatic heterocycles. The summed E-state index contributed by atoms with van der Waals surface area (Å²) in [5, 5.41) is 15.8. The third-order valence-electron chi connectivity index (χ3n) is 6.46. The zero-order valence-corrected chi connectivity index (χ0v) is 16.7. The van der Waals surface area contributed by atoms with Crippen LogP contribution < -0.4 is 20.9 Å². The van der Waals surface area contributed by atoms with Gasteiger partial charge >= 0.3 is 0 Å². The van der Waals surface area contributed by atoms with Crippen LogP contribution in [0.3, 0.4) is 0 Å². The minimum atomic E-state index is -0.583. The highest BCUT2D eigenvalue weighted by atomic mass is 16.5. The summed E-state index contributed by atoms with van der Waals surface area (Å²) in [5.41, 5.74) is 4.04. The average Bonchev–Trinajstić information content (AvgIpc) is 3.51. The third-order valence-corrected chi connectivity index (χ3v) is 6.46. The fourth-order valence-corrected chi connectivity index (χ4v) is 4.61. The first-order chi connectivity index (χ1) is 14.0. The highest BCUT2D eigenvalue weighted by Crippen LogP contribution is 2.52. The first kappa shape index (κ1) is 20.1. The van der Waals surface area contributed by atoms with Crippen LogP contribution in [0.5, 0.6) is 5.75 Å². The van der Waals surface area contributed by atoms with Gasteiger partial charge in [0.25, 0.3) is 0 Å². The molecule has 1 saturated heterocycles. The molecule has 0 bridgehead atoms. The van der Waals surface area contributed by atoms with Crippen molar-refractivity contribution in [2.24, 2.45) is 11.3 Å². The van der Waals surface area contributed by atoms with Gasteiger partial charge in [0.2, 0.25) is 5.91 Å². The second kappa shape index (κ2) is 8.26. The van der Waals surface area contributed by atoms with Crippen molar-refractivity contribution >= 4 is 17.3 Å². The number of carbonyl (C=O) groups is 2. The summed E-state index contributed by atoms with van der Waals surface area (Å²) in [4.78, 5) is 25.6. The molecule has 1 aromatic rings. The molecular weight excluding hydrogens is 370 g/mol. The van der Waals surface area contributed by atoms with Gasteiger partial charge in [-0.05, 0) is 61.3 Å². The van der Waals surface area contributed by atoms with Crippen molar-refractivity contribution in [1.29, 1.82) is 0 Å². The van der Waals surface area contributed by atoms with E-state index >= 15 is 0 Å². The van der Waals surface area contributed by atoms with E-state index in [-0.39, 0.29) is 17.2 Å². The molecule has 0 aromatic heterocycles. The van der Waals surface area contributed by atoms with Gasteiger partial charge in [-0.25, -0.2) is 5.48 Å². The summed E-state index contributed by atoms with van der Waals surface area (Å²) < 4.78 is 5.60. The Morgan fingerprint density at radius 1 is 1.31 bits per heavy atom. The third kappa shape index (κ3) is 4.22. The molecule has 3 atom stereocenters. The number of piperidine rings is 1. The van der Waals surface area contributed by atoms with E-state index in [4.69, 9.17) is 4.74 Å². The molecule has 1 spiro atoms. The predicted molar refractivity (Wildman–Crippen MR) is 108 cm³/mol. The van der Waals surface area contributed by atoms with Crippen LogP contribution in [0.25, 0.3) is 5.57 Å². The highest BCUT2D eigenvalue weighted by molar-refractivity contribution is 5.96. The Morgan fingerprint density at radius 3 is 2.86 bits per heavy atom. The Morgan fingerprint density at radius 2 is 2.14 bits per heavy atom. The molecule has 1 aliphatic carbocycles. The second-order valence-electron chi connectivity index (χ2n) is 8.40. The van der Waals surface area contributed by atoms with Crippen molar-refractivity contribution < 1.29 is 19.5 Å². The van der Waals surface area contributed by atoms with Crippen molar-refractivity contribution in [2.75, 3.05) is 19.7 Å². The largest absolute Gasteiger partial charge is 0.494 e. The molecule has 156 valence electrons. The fourth-order valence-electron chi connectivity index (χ4n) is 4.61. The van der Waals surface area contributed by atoms with Crippen molar-refractivity contribution in [2.45, 2.75) is 44.7 Å². The Kier molecular flexibility index (Phi) is 5.72. The van der Waals surface area contributed by atoms with Crippen LogP contribution in [0.15, 0.2) is 30.3 Å². The summed E-state index contributed by atoms with van der Waals surface area (Å²) in [7, 11) is 0. The zero-order chi connectivity index (χ0) is 20.4. The molecule has 0 radical (unpaired) electrons. The van der Waals surface area contributed by atoms with Crippen LogP contribution in [0.2, 0.25) is 0 Å². The molecule has 1 unspecified atom stereocenters. The van der Waals surface area contributed by atoms with Crippen molar-refractivity contribution in [1.82, 2.24) is 16.1 Å². The van der Waals surface area contributed by atoms with Crippen LogP contribution in [0.1, 0.15) is 38.2 Å². The number of carbonyl (C=O) groups excluding carboxylic acids is 2. The lowest BCUT2D eigenvalue weighted by Gasteiger charge is -2.37. The standard InChI is InChI=1S/C22H29N3O4/c1-2-29-16-5-3-4-14(10-16)15-6-9-23-18(11-15)20(26)19-17(21(27)25-28)12-22(7-8-22)13-24-19/h3-6,10,17-19,23-24,28H,2,7-9,11-13H2,1H3,(H,25,27)/t17-,18?,19-/m0/s1. The van der Waals surface area contributed by atoms with Gasteiger partial charge in [0.1, 0.15) is 5.75 Å². The Labute approximate surface area is 170 Å². The second-order valence-corrected chi connectivity index (χ2v) is 8.40. The quantitative estimate of drug-likeness (QED) is 0.429. The molecule has 2 heterocycles. The molecule has 2 fully saturated rings. The van der Waals surface area contributed by atoms with Gasteiger partial charge < -0.3 is 15.4 Å². The lowest BCUT2D eigenvalue weighted by Crippen LogP contribution is -2.59. The van der Waals surface area contributed by atoms with E-state index in [1.54, 1.807) is 5.48 Å². The van der Waals surface area contributed by atoms with Crippen molar-refractivity contribution in [3.63, 3.8) is 0 Å². The molecule has 4 rings (SSSR count). The van der Waals surface area contributed by atoms with Gasteiger partial charge in [-0.15, -0.1) is 0 Å². The van der Waals surface area contributed by atoms with Crippen LogP contribution in [-0.2, 0) is 9.59 Å². The molecule has 29 heavy (non-hydrogen) atoms. The van der Waals surface area contributed by atoms with Gasteiger partial charge in [-0.2, -0.15) is 0 Å². The lowest BCUT2D eigenvalue weighted by molar-refractivity contribution is -0.140. The number of benzene rings is 1. The molecule has 7 nitrogen and oxygen atoms in total. The van der Waals surface area contributed by atoms with E-state index in [1.807, 2.05) is 31.2 Å². The van der Waals surface area contributed by atoms with Crippen molar-refractivity contribution in [3.05, 3.63) is 35.9 Å². The first-order valence-electron chi connectivity index (χ1n) is 10.4. The maximum Gasteiger partial charge on any atom is 0.248 e. The van der Waals surface area contributed by atoms with Crippen molar-refractivity contribution in [3.8, 4) is 5.75 Å². The highest BCUT2D eigenvalue weighted by Gasteiger charge is 2.52. The normalized spacial score (nSPS) is 27.8. The Balaban J connectivity index is 1.48. The van der Waals surface area contributed by atoms with Gasteiger partial charge in [0.05, 0.1) is 24.6 Å². The first-order valence-corrected chi connectivity index (χ1v) is 10.4. The molecule has 3 aliphatic rings. The number of ketones is 1. The van der Waals surface area contributed by atoms with E-state index < -0.39 is 17.9 Å². The topological polar surface area (TPSA) is 99.7 Å². The summed E-state index contributed by atoms with van der Waals surface area (Å²) >= 11 is 0. The number of Topliss-reactive ketones (excluding diaryl/α,β-unsaturated/α-hetero) is 1. The summed E-state index contributed by atoms with van der Waals surface area (Å²) in [6, 6.07) is 6.96. The van der Waals surface area contributed by atoms with E-state index in [0.717, 1.165) is 36.3 Å². The minimum absolute atomic E-state index is 0.0133. The number of hydroxylamine groups is 1. The number of nitrogens with one attached hydrogen (secondary N) is 3. The van der Waals surface area contributed by atoms with E-state index in [0.29, 0.717) is 26.0 Å². The molecule has 1 saturated carbocycles. The summed E-state index contributed by atoms with van der Waals surface area (Å²) in [6.45, 7) is 3.91. The van der Waals surface area contributed by atoms with E-state index in [2.05, 4.69) is 16.7 Å². The van der Waals surface area contributed by atoms with E-state index in [1.165, 1.54) is 0 Å². The van der Waals surface area contributed by atoms with Gasteiger partial charge in [0.15, 0.2) is 5.78 Å². The number of rotatable bonds is 6. The van der Waals surface area contributed by atoms with Gasteiger partial charge in [-0.3, -0.25) is 14.8 Å². The van der Waals surface area contributed by atoms with Gasteiger partial charge in [-0.1, -0.05) is 18.2 Å². The maximum atomic E-state index is 13.3.